The van der Waals surface area contributed by atoms with Crippen LogP contribution in [0.3, 0.4) is 0 Å². The van der Waals surface area contributed by atoms with E-state index in [1.165, 1.54) is 12.1 Å². The van der Waals surface area contributed by atoms with E-state index in [1.807, 2.05) is 13.0 Å². The second-order valence-electron chi connectivity index (χ2n) is 4.36. The predicted octanol–water partition coefficient (Wildman–Crippen LogP) is 3.43. The zero-order valence-electron chi connectivity index (χ0n) is 10.6. The summed E-state index contributed by atoms with van der Waals surface area (Å²) >= 11 is 6.06. The summed E-state index contributed by atoms with van der Waals surface area (Å²) in [6, 6.07) is 6.26. The van der Waals surface area contributed by atoms with Gasteiger partial charge in [0.25, 0.3) is 0 Å². The summed E-state index contributed by atoms with van der Waals surface area (Å²) in [5, 5.41) is 7.87. The summed E-state index contributed by atoms with van der Waals surface area (Å²) in [5.41, 5.74) is 2.53. The van der Waals surface area contributed by atoms with Crippen molar-refractivity contribution in [2.45, 2.75) is 6.92 Å². The monoisotopic (exact) mass is 288 g/mol. The molecule has 0 fully saturated rings. The van der Waals surface area contributed by atoms with Crippen molar-refractivity contribution >= 4 is 11.6 Å². The summed E-state index contributed by atoms with van der Waals surface area (Å²) in [6.07, 6.45) is 4.86. The Morgan fingerprint density at radius 2 is 1.90 bits per heavy atom. The average molecular weight is 289 g/mol. The number of hydrogen-bond donors (Lipinski definition) is 0. The fraction of sp³-hybridized carbons (Fsp3) is 0.0714. The maximum atomic E-state index is 13.1. The van der Waals surface area contributed by atoms with Crippen LogP contribution in [0, 0.1) is 12.7 Å². The maximum absolute atomic E-state index is 13.1. The fourth-order valence-electron chi connectivity index (χ4n) is 2.02. The van der Waals surface area contributed by atoms with Crippen LogP contribution in [-0.2, 0) is 0 Å². The van der Waals surface area contributed by atoms with E-state index in [0.29, 0.717) is 5.02 Å². The lowest BCUT2D eigenvalue weighted by Crippen LogP contribution is -1.98. The number of pyridine rings is 1. The Kier molecular flexibility index (Phi) is 3.20. The van der Waals surface area contributed by atoms with Crippen LogP contribution in [0.5, 0.6) is 0 Å². The van der Waals surface area contributed by atoms with Crippen LogP contribution >= 0.6 is 11.6 Å². The van der Waals surface area contributed by atoms with Gasteiger partial charge in [-0.05, 0) is 36.8 Å². The van der Waals surface area contributed by atoms with Gasteiger partial charge in [0.2, 0.25) is 0 Å². The Hall–Kier alpha value is -2.27. The van der Waals surface area contributed by atoms with Crippen LogP contribution in [0.2, 0.25) is 5.02 Å². The van der Waals surface area contributed by atoms with Gasteiger partial charge in [-0.1, -0.05) is 11.6 Å². The topological polar surface area (TPSA) is 43.6 Å². The summed E-state index contributed by atoms with van der Waals surface area (Å²) in [4.78, 5) is 4.39. The number of benzene rings is 1. The number of aryl methyl sites for hydroxylation is 1. The Morgan fingerprint density at radius 1 is 1.15 bits per heavy atom. The van der Waals surface area contributed by atoms with Crippen LogP contribution in [0.25, 0.3) is 16.9 Å². The molecule has 0 bridgehead atoms. The quantitative estimate of drug-likeness (QED) is 0.725. The van der Waals surface area contributed by atoms with Gasteiger partial charge in [0.05, 0.1) is 5.02 Å². The Bertz CT molecular complexity index is 756. The molecule has 2 heterocycles. The van der Waals surface area contributed by atoms with Crippen LogP contribution in [0.1, 0.15) is 5.56 Å². The molecule has 0 spiro atoms. The lowest BCUT2D eigenvalue weighted by atomic mass is 10.1. The van der Waals surface area contributed by atoms with Crippen molar-refractivity contribution in [3.05, 3.63) is 59.5 Å². The highest BCUT2D eigenvalue weighted by Gasteiger charge is 2.09. The minimum Gasteiger partial charge on any atom is -0.272 e. The van der Waals surface area contributed by atoms with Crippen molar-refractivity contribution in [2.75, 3.05) is 0 Å². The molecule has 1 aromatic carbocycles. The molecule has 0 aliphatic heterocycles. The number of hydrogen-bond acceptors (Lipinski definition) is 3. The van der Waals surface area contributed by atoms with Crippen LogP contribution in [-0.4, -0.2) is 19.7 Å². The number of halogens is 2. The molecule has 0 saturated heterocycles. The first-order valence-electron chi connectivity index (χ1n) is 5.92. The normalized spacial score (nSPS) is 10.8. The van der Waals surface area contributed by atoms with Crippen molar-refractivity contribution in [2.24, 2.45) is 0 Å². The van der Waals surface area contributed by atoms with Crippen molar-refractivity contribution in [1.29, 1.82) is 0 Å². The first-order chi connectivity index (χ1) is 9.65. The highest BCUT2D eigenvalue weighted by Crippen LogP contribution is 2.29. The zero-order chi connectivity index (χ0) is 14.1. The Morgan fingerprint density at radius 3 is 2.55 bits per heavy atom. The van der Waals surface area contributed by atoms with Gasteiger partial charge in [0.15, 0.2) is 0 Å². The molecule has 0 N–H and O–H groups in total. The molecule has 4 nitrogen and oxygen atoms in total. The third-order valence-corrected chi connectivity index (χ3v) is 3.27. The van der Waals surface area contributed by atoms with E-state index in [2.05, 4.69) is 15.2 Å². The third kappa shape index (κ3) is 2.28. The van der Waals surface area contributed by atoms with Crippen molar-refractivity contribution in [3.63, 3.8) is 0 Å². The minimum atomic E-state index is -0.357. The van der Waals surface area contributed by atoms with E-state index in [9.17, 15) is 4.39 Å². The van der Waals surface area contributed by atoms with E-state index in [1.54, 1.807) is 29.5 Å². The van der Waals surface area contributed by atoms with E-state index < -0.39 is 0 Å². The number of aromatic nitrogens is 4. The lowest BCUT2D eigenvalue weighted by molar-refractivity contribution is 0.628. The van der Waals surface area contributed by atoms with Crippen molar-refractivity contribution in [1.82, 2.24) is 19.7 Å². The van der Waals surface area contributed by atoms with Crippen molar-refractivity contribution < 1.29 is 4.39 Å². The highest BCUT2D eigenvalue weighted by molar-refractivity contribution is 6.33. The summed E-state index contributed by atoms with van der Waals surface area (Å²) < 4.78 is 14.8. The van der Waals surface area contributed by atoms with Crippen molar-refractivity contribution in [3.8, 4) is 16.9 Å². The van der Waals surface area contributed by atoms with Gasteiger partial charge in [0, 0.05) is 17.3 Å². The van der Waals surface area contributed by atoms with Crippen LogP contribution in [0.4, 0.5) is 4.39 Å². The molecule has 0 aliphatic rings. The number of rotatable bonds is 2. The zero-order valence-corrected chi connectivity index (χ0v) is 11.3. The standard InChI is InChI=1S/C14H10ClFN4/c1-9-4-10(12-3-2-11(16)5-13(12)15)6-17-14(9)20-7-18-19-8-20/h2-8H,1H3. The average Bonchev–Trinajstić information content (AvgIpc) is 2.92. The van der Waals surface area contributed by atoms with Gasteiger partial charge in [-0.2, -0.15) is 0 Å². The van der Waals surface area contributed by atoms with Gasteiger partial charge in [-0.25, -0.2) is 9.37 Å². The van der Waals surface area contributed by atoms with Gasteiger partial charge >= 0.3 is 0 Å². The third-order valence-electron chi connectivity index (χ3n) is 2.96. The molecule has 0 unspecified atom stereocenters. The van der Waals surface area contributed by atoms with Gasteiger partial charge in [-0.3, -0.25) is 4.57 Å². The molecule has 0 aliphatic carbocycles. The van der Waals surface area contributed by atoms with E-state index in [4.69, 9.17) is 11.6 Å². The molecule has 2 aromatic heterocycles. The molecule has 3 aromatic rings. The van der Waals surface area contributed by atoms with E-state index in [0.717, 1.165) is 22.5 Å². The second kappa shape index (κ2) is 5.02. The molecule has 0 amide bonds. The summed E-state index contributed by atoms with van der Waals surface area (Å²) in [7, 11) is 0. The molecule has 0 saturated carbocycles. The highest BCUT2D eigenvalue weighted by atomic mass is 35.5. The minimum absolute atomic E-state index is 0.357. The maximum Gasteiger partial charge on any atom is 0.142 e. The molecule has 0 atom stereocenters. The smallest absolute Gasteiger partial charge is 0.142 e. The summed E-state index contributed by atoms with van der Waals surface area (Å²) in [6.45, 7) is 1.93. The molecular weight excluding hydrogens is 279 g/mol. The number of nitrogens with zero attached hydrogens (tertiary/aromatic N) is 4. The van der Waals surface area contributed by atoms with Gasteiger partial charge < -0.3 is 0 Å². The van der Waals surface area contributed by atoms with Gasteiger partial charge in [-0.15, -0.1) is 10.2 Å². The van der Waals surface area contributed by atoms with Gasteiger partial charge in [0.1, 0.15) is 24.3 Å². The largest absolute Gasteiger partial charge is 0.272 e. The van der Waals surface area contributed by atoms with E-state index >= 15 is 0 Å². The molecule has 3 rings (SSSR count). The lowest BCUT2D eigenvalue weighted by Gasteiger charge is -2.09. The molecule has 6 heteroatoms. The predicted molar refractivity (Wildman–Crippen MR) is 74.3 cm³/mol. The first-order valence-corrected chi connectivity index (χ1v) is 6.30. The first kappa shape index (κ1) is 12.7. The van der Waals surface area contributed by atoms with E-state index in [-0.39, 0.29) is 5.82 Å². The van der Waals surface area contributed by atoms with Crippen LogP contribution < -0.4 is 0 Å². The molecule has 100 valence electrons. The SMILES string of the molecule is Cc1cc(-c2ccc(F)cc2Cl)cnc1-n1cnnc1. The molecule has 0 radical (unpaired) electrons. The summed E-state index contributed by atoms with van der Waals surface area (Å²) in [5.74, 6) is 0.390. The van der Waals surface area contributed by atoms with Crippen LogP contribution in [0.15, 0.2) is 43.1 Å². The molecule has 20 heavy (non-hydrogen) atoms. The Labute approximate surface area is 119 Å². The Balaban J connectivity index is 2.06. The fourth-order valence-corrected chi connectivity index (χ4v) is 2.30. The second-order valence-corrected chi connectivity index (χ2v) is 4.77. The molecular formula is C14H10ClFN4.